The highest BCUT2D eigenvalue weighted by Gasteiger charge is 2.10. The Labute approximate surface area is 109 Å². The topological polar surface area (TPSA) is 90.9 Å². The quantitative estimate of drug-likeness (QED) is 0.462. The zero-order chi connectivity index (χ0) is 13.8. The van der Waals surface area contributed by atoms with Crippen LogP contribution in [0, 0.1) is 10.1 Å². The van der Waals surface area contributed by atoms with Crippen LogP contribution >= 0.6 is 0 Å². The van der Waals surface area contributed by atoms with E-state index in [1.807, 2.05) is 0 Å². The second-order valence-electron chi connectivity index (χ2n) is 4.17. The van der Waals surface area contributed by atoms with Gasteiger partial charge in [-0.1, -0.05) is 6.92 Å². The van der Waals surface area contributed by atoms with E-state index in [9.17, 15) is 14.9 Å². The summed E-state index contributed by atoms with van der Waals surface area (Å²) in [7, 11) is 0. The number of rotatable bonds is 5. The maximum absolute atomic E-state index is 10.7. The zero-order valence-electron chi connectivity index (χ0n) is 10.3. The molecule has 0 radical (unpaired) electrons. The zero-order valence-corrected chi connectivity index (χ0v) is 10.3. The van der Waals surface area contributed by atoms with Crippen molar-refractivity contribution in [1.29, 1.82) is 0 Å². The van der Waals surface area contributed by atoms with Gasteiger partial charge >= 0.3 is 5.69 Å². The number of nitro groups is 1. The van der Waals surface area contributed by atoms with Crippen molar-refractivity contribution in [3.63, 3.8) is 0 Å². The van der Waals surface area contributed by atoms with Crippen molar-refractivity contribution in [2.75, 3.05) is 0 Å². The number of pyridine rings is 1. The first-order chi connectivity index (χ1) is 9.10. The van der Waals surface area contributed by atoms with Crippen LogP contribution in [-0.2, 0) is 11.3 Å². The van der Waals surface area contributed by atoms with Crippen molar-refractivity contribution in [3.05, 3.63) is 52.1 Å². The molecule has 0 aromatic carbocycles. The molecule has 0 saturated heterocycles. The Kier molecular flexibility index (Phi) is 3.65. The molecule has 1 atom stereocenters. The molecule has 0 amide bonds. The fraction of sp³-hybridized carbons (Fsp3) is 0.250. The second-order valence-corrected chi connectivity index (χ2v) is 4.17. The summed E-state index contributed by atoms with van der Waals surface area (Å²) in [4.78, 5) is 24.9. The van der Waals surface area contributed by atoms with Crippen molar-refractivity contribution in [2.45, 2.75) is 19.4 Å². The number of aromatic nitrogens is 3. The molecule has 2 aromatic heterocycles. The molecule has 0 spiro atoms. The summed E-state index contributed by atoms with van der Waals surface area (Å²) in [5.41, 5.74) is 1.52. The molecular weight excluding hydrogens is 248 g/mol. The molecule has 0 aliphatic rings. The highest BCUT2D eigenvalue weighted by Crippen LogP contribution is 2.14. The van der Waals surface area contributed by atoms with Crippen molar-refractivity contribution >= 4 is 12.0 Å². The predicted octanol–water partition coefficient (Wildman–Crippen LogP) is 1.54. The molecule has 0 N–H and O–H groups in total. The molecule has 98 valence electrons. The lowest BCUT2D eigenvalue weighted by molar-refractivity contribution is -0.385. The minimum absolute atomic E-state index is 0.0458. The Balaban J connectivity index is 2.18. The molecule has 0 aliphatic carbocycles. The van der Waals surface area contributed by atoms with Crippen molar-refractivity contribution in [3.8, 4) is 0 Å². The van der Waals surface area contributed by atoms with E-state index in [0.717, 1.165) is 11.8 Å². The molecule has 0 saturated carbocycles. The molecule has 1 unspecified atom stereocenters. The van der Waals surface area contributed by atoms with Gasteiger partial charge in [0.05, 0.1) is 23.1 Å². The SMILES string of the molecule is CC(C=O)c1cc(Cn2cc([N+](=O)[O-])cn2)ccn1. The standard InChI is InChI=1S/C12H12N4O3/c1-9(8-17)12-4-10(2-3-13-12)6-15-7-11(5-14-15)16(18)19/h2-5,7-9H,6H2,1H3. The molecule has 2 rings (SSSR count). The Morgan fingerprint density at radius 2 is 2.37 bits per heavy atom. The first kappa shape index (κ1) is 12.9. The highest BCUT2D eigenvalue weighted by atomic mass is 16.6. The summed E-state index contributed by atoms with van der Waals surface area (Å²) in [6.07, 6.45) is 5.01. The molecule has 0 fully saturated rings. The molecule has 19 heavy (non-hydrogen) atoms. The van der Waals surface area contributed by atoms with E-state index in [0.29, 0.717) is 12.2 Å². The lowest BCUT2D eigenvalue weighted by Crippen LogP contribution is -2.03. The van der Waals surface area contributed by atoms with E-state index in [2.05, 4.69) is 10.1 Å². The maximum Gasteiger partial charge on any atom is 0.307 e. The Morgan fingerprint density at radius 1 is 1.58 bits per heavy atom. The fourth-order valence-electron chi connectivity index (χ4n) is 1.63. The van der Waals surface area contributed by atoms with Gasteiger partial charge in [0.2, 0.25) is 0 Å². The summed E-state index contributed by atoms with van der Waals surface area (Å²) in [6.45, 7) is 2.16. The van der Waals surface area contributed by atoms with Crippen LogP contribution < -0.4 is 0 Å². The third kappa shape index (κ3) is 3.01. The van der Waals surface area contributed by atoms with Gasteiger partial charge in [0.25, 0.3) is 0 Å². The lowest BCUT2D eigenvalue weighted by Gasteiger charge is -2.06. The van der Waals surface area contributed by atoms with Gasteiger partial charge in [-0.3, -0.25) is 19.8 Å². The van der Waals surface area contributed by atoms with E-state index in [1.54, 1.807) is 25.3 Å². The molecule has 2 heterocycles. The molecular formula is C12H12N4O3. The van der Waals surface area contributed by atoms with Gasteiger partial charge in [0.15, 0.2) is 0 Å². The van der Waals surface area contributed by atoms with Crippen LogP contribution in [0.5, 0.6) is 0 Å². The monoisotopic (exact) mass is 260 g/mol. The van der Waals surface area contributed by atoms with Crippen LogP contribution in [0.3, 0.4) is 0 Å². The third-order valence-electron chi connectivity index (χ3n) is 2.69. The van der Waals surface area contributed by atoms with Crippen molar-refractivity contribution < 1.29 is 9.72 Å². The molecule has 0 aliphatic heterocycles. The third-order valence-corrected chi connectivity index (χ3v) is 2.69. The number of hydrogen-bond acceptors (Lipinski definition) is 5. The van der Waals surface area contributed by atoms with Crippen LogP contribution in [0.15, 0.2) is 30.7 Å². The summed E-state index contributed by atoms with van der Waals surface area (Å²) < 4.78 is 1.48. The maximum atomic E-state index is 10.7. The van der Waals surface area contributed by atoms with Crippen molar-refractivity contribution in [1.82, 2.24) is 14.8 Å². The number of carbonyl (C=O) groups excluding carboxylic acids is 1. The van der Waals surface area contributed by atoms with Gasteiger partial charge in [0, 0.05) is 6.20 Å². The smallest absolute Gasteiger partial charge is 0.303 e. The summed E-state index contributed by atoms with van der Waals surface area (Å²) >= 11 is 0. The first-order valence-electron chi connectivity index (χ1n) is 5.67. The first-order valence-corrected chi connectivity index (χ1v) is 5.67. The molecule has 7 nitrogen and oxygen atoms in total. The number of nitrogens with zero attached hydrogens (tertiary/aromatic N) is 4. The van der Waals surface area contributed by atoms with E-state index < -0.39 is 4.92 Å². The largest absolute Gasteiger partial charge is 0.307 e. The highest BCUT2D eigenvalue weighted by molar-refractivity contribution is 5.60. The van der Waals surface area contributed by atoms with Gasteiger partial charge in [0.1, 0.15) is 18.7 Å². The minimum Gasteiger partial charge on any atom is -0.303 e. The van der Waals surface area contributed by atoms with Crippen LogP contribution in [0.2, 0.25) is 0 Å². The van der Waals surface area contributed by atoms with Gasteiger partial charge in [-0.15, -0.1) is 0 Å². The Hall–Kier alpha value is -2.57. The number of aldehydes is 1. The van der Waals surface area contributed by atoms with E-state index in [1.165, 1.54) is 17.1 Å². The Bertz CT molecular complexity index is 609. The molecule has 7 heteroatoms. The molecule has 2 aromatic rings. The average Bonchev–Trinajstić information content (AvgIpc) is 2.87. The van der Waals surface area contributed by atoms with Gasteiger partial charge in [-0.25, -0.2) is 0 Å². The Morgan fingerprint density at radius 3 is 3.00 bits per heavy atom. The summed E-state index contributed by atoms with van der Waals surface area (Å²) in [6, 6.07) is 3.58. The summed E-state index contributed by atoms with van der Waals surface area (Å²) in [5.74, 6) is -0.271. The van der Waals surface area contributed by atoms with Gasteiger partial charge < -0.3 is 4.79 Å². The van der Waals surface area contributed by atoms with Crippen LogP contribution in [0.1, 0.15) is 24.1 Å². The van der Waals surface area contributed by atoms with E-state index >= 15 is 0 Å². The average molecular weight is 260 g/mol. The molecule has 0 bridgehead atoms. The second kappa shape index (κ2) is 5.38. The van der Waals surface area contributed by atoms with E-state index in [4.69, 9.17) is 0 Å². The summed E-state index contributed by atoms with van der Waals surface area (Å²) in [5, 5.41) is 14.5. The van der Waals surface area contributed by atoms with Gasteiger partial charge in [-0.2, -0.15) is 5.10 Å². The number of hydrogen-bond donors (Lipinski definition) is 0. The van der Waals surface area contributed by atoms with E-state index in [-0.39, 0.29) is 11.6 Å². The fourth-order valence-corrected chi connectivity index (χ4v) is 1.63. The van der Waals surface area contributed by atoms with Gasteiger partial charge in [-0.05, 0) is 17.7 Å². The predicted molar refractivity (Wildman–Crippen MR) is 66.7 cm³/mol. The van der Waals surface area contributed by atoms with Crippen molar-refractivity contribution in [2.24, 2.45) is 0 Å². The van der Waals surface area contributed by atoms with Crippen LogP contribution in [0.4, 0.5) is 5.69 Å². The van der Waals surface area contributed by atoms with Crippen LogP contribution in [-0.4, -0.2) is 26.0 Å². The number of carbonyl (C=O) groups is 1. The normalized spacial score (nSPS) is 12.1. The minimum atomic E-state index is -0.490. The van der Waals surface area contributed by atoms with Crippen LogP contribution in [0.25, 0.3) is 0 Å². The lowest BCUT2D eigenvalue weighted by atomic mass is 10.1.